The average Bonchev–Trinajstić information content (AvgIpc) is 2.77. The van der Waals surface area contributed by atoms with Gasteiger partial charge in [-0.15, -0.1) is 11.6 Å². The Morgan fingerprint density at radius 1 is 1.33 bits per heavy atom. The summed E-state index contributed by atoms with van der Waals surface area (Å²) in [6.07, 6.45) is -2.96. The number of esters is 2. The zero-order valence-corrected chi connectivity index (χ0v) is 13.9. The number of carbonyl (C=O) groups excluding carboxylic acids is 2. The Kier molecular flexibility index (Phi) is 5.40. The molecule has 1 aliphatic rings. The van der Waals surface area contributed by atoms with Gasteiger partial charge in [0.1, 0.15) is 23.8 Å². The highest BCUT2D eigenvalue weighted by Gasteiger charge is 2.48. The Bertz CT molecular complexity index is 759. The van der Waals surface area contributed by atoms with Crippen LogP contribution in [-0.2, 0) is 23.8 Å². The lowest BCUT2D eigenvalue weighted by Gasteiger charge is -2.19. The summed E-state index contributed by atoms with van der Waals surface area (Å²) in [5.74, 6) is -1.16. The molecule has 11 heteroatoms. The van der Waals surface area contributed by atoms with Crippen molar-refractivity contribution in [2.75, 3.05) is 6.61 Å². The molecular formula is C13H16ClN3O7. The van der Waals surface area contributed by atoms with Gasteiger partial charge in [-0.3, -0.25) is 19.4 Å². The first-order valence-electron chi connectivity index (χ1n) is 7.00. The maximum Gasteiger partial charge on any atom is 0.347 e. The molecule has 0 bridgehead atoms. The fourth-order valence-corrected chi connectivity index (χ4v) is 2.61. The van der Waals surface area contributed by atoms with Gasteiger partial charge in [0, 0.05) is 13.8 Å². The molecule has 10 nitrogen and oxygen atoms in total. The van der Waals surface area contributed by atoms with Crippen LogP contribution in [0.2, 0.25) is 0 Å². The Morgan fingerprint density at radius 2 is 2.00 bits per heavy atom. The van der Waals surface area contributed by atoms with E-state index in [1.807, 2.05) is 0 Å². The number of aryl methyl sites for hydroxylation is 1. The Balaban J connectivity index is 2.33. The number of nitrogens with zero attached hydrogens (tertiary/aromatic N) is 2. The van der Waals surface area contributed by atoms with Gasteiger partial charge in [-0.1, -0.05) is 0 Å². The first-order valence-corrected chi connectivity index (χ1v) is 7.44. The van der Waals surface area contributed by atoms with Crippen LogP contribution in [-0.4, -0.2) is 50.9 Å². The van der Waals surface area contributed by atoms with Crippen LogP contribution >= 0.6 is 11.6 Å². The van der Waals surface area contributed by atoms with Crippen LogP contribution in [0.5, 0.6) is 0 Å². The summed E-state index contributed by atoms with van der Waals surface area (Å²) in [6, 6.07) is 0. The summed E-state index contributed by atoms with van der Waals surface area (Å²) in [4.78, 5) is 47.7. The number of carbonyl (C=O) groups is 2. The normalized spacial score (nSPS) is 26.2. The highest BCUT2D eigenvalue weighted by Crippen LogP contribution is 2.34. The fraction of sp³-hybridized carbons (Fsp3) is 0.615. The minimum Gasteiger partial charge on any atom is -0.463 e. The molecule has 0 amide bonds. The number of H-pyrrole nitrogens is 1. The first kappa shape index (κ1) is 18.1. The quantitative estimate of drug-likeness (QED) is 0.547. The third-order valence-corrected chi connectivity index (χ3v) is 3.74. The van der Waals surface area contributed by atoms with Crippen LogP contribution in [0.15, 0.2) is 9.59 Å². The van der Waals surface area contributed by atoms with Crippen LogP contribution in [0.4, 0.5) is 0 Å². The van der Waals surface area contributed by atoms with Crippen molar-refractivity contribution in [2.24, 2.45) is 0 Å². The molecule has 2 rings (SSSR count). The molecule has 0 unspecified atom stereocenters. The van der Waals surface area contributed by atoms with E-state index in [-0.39, 0.29) is 12.3 Å². The number of aromatic nitrogens is 3. The number of alkyl halides is 1. The van der Waals surface area contributed by atoms with Crippen molar-refractivity contribution in [2.45, 2.75) is 44.6 Å². The molecule has 0 spiro atoms. The van der Waals surface area contributed by atoms with E-state index >= 15 is 0 Å². The van der Waals surface area contributed by atoms with E-state index in [1.54, 1.807) is 0 Å². The van der Waals surface area contributed by atoms with E-state index in [4.69, 9.17) is 25.8 Å². The van der Waals surface area contributed by atoms with E-state index in [9.17, 15) is 19.2 Å². The zero-order valence-electron chi connectivity index (χ0n) is 13.1. The van der Waals surface area contributed by atoms with E-state index in [1.165, 1.54) is 20.8 Å². The summed E-state index contributed by atoms with van der Waals surface area (Å²) in [6.45, 7) is 3.59. The van der Waals surface area contributed by atoms with Crippen molar-refractivity contribution in [1.82, 2.24) is 14.8 Å². The van der Waals surface area contributed by atoms with Crippen molar-refractivity contribution >= 4 is 23.5 Å². The van der Waals surface area contributed by atoms with E-state index < -0.39 is 47.0 Å². The molecule has 1 aliphatic heterocycles. The lowest BCUT2D eigenvalue weighted by molar-refractivity contribution is -0.155. The third-order valence-electron chi connectivity index (χ3n) is 3.28. The smallest absolute Gasteiger partial charge is 0.347 e. The topological polar surface area (TPSA) is 130 Å². The van der Waals surface area contributed by atoms with Crippen LogP contribution in [0.1, 0.15) is 25.8 Å². The number of nitrogens with one attached hydrogen (secondary N) is 1. The van der Waals surface area contributed by atoms with Gasteiger partial charge >= 0.3 is 17.6 Å². The van der Waals surface area contributed by atoms with Crippen LogP contribution < -0.4 is 11.2 Å². The summed E-state index contributed by atoms with van der Waals surface area (Å²) >= 11 is 6.26. The van der Waals surface area contributed by atoms with Crippen LogP contribution in [0.25, 0.3) is 0 Å². The standard InChI is InChI=1S/C13H16ClN3O7/c1-5-11(20)15-13(21)17(16-5)12-9(14)10(23-7(3)19)8(24-12)4-22-6(2)18/h8-10,12H,4H2,1-3H3,(H,15,20,21)/t8-,9+,10-,12-/m1/s1. The van der Waals surface area contributed by atoms with Gasteiger partial charge in [-0.05, 0) is 6.92 Å². The molecule has 0 saturated carbocycles. The second-order valence-electron chi connectivity index (χ2n) is 5.18. The number of halogens is 1. The third kappa shape index (κ3) is 3.82. The van der Waals surface area contributed by atoms with Gasteiger partial charge in [-0.25, -0.2) is 4.79 Å². The molecule has 4 atom stereocenters. The number of hydrogen-bond acceptors (Lipinski definition) is 8. The number of rotatable bonds is 4. The summed E-state index contributed by atoms with van der Waals surface area (Å²) in [5.41, 5.74) is -1.42. The fourth-order valence-electron chi connectivity index (χ4n) is 2.23. The molecule has 1 aromatic heterocycles. The van der Waals surface area contributed by atoms with E-state index in [2.05, 4.69) is 10.1 Å². The summed E-state index contributed by atoms with van der Waals surface area (Å²) in [7, 11) is 0. The SMILES string of the molecule is CC(=O)OC[C@H]1O[C@@H](n2nc(C)c(=O)[nH]c2=O)[C@@H](Cl)[C@@H]1OC(C)=O. The molecule has 0 aromatic carbocycles. The van der Waals surface area contributed by atoms with E-state index in [0.29, 0.717) is 0 Å². The molecular weight excluding hydrogens is 346 g/mol. The molecule has 1 saturated heterocycles. The summed E-state index contributed by atoms with van der Waals surface area (Å²) < 4.78 is 16.4. The predicted octanol–water partition coefficient (Wildman–Crippen LogP) is -0.760. The molecule has 132 valence electrons. The highest BCUT2D eigenvalue weighted by molar-refractivity contribution is 6.21. The van der Waals surface area contributed by atoms with Gasteiger partial charge < -0.3 is 14.2 Å². The lowest BCUT2D eigenvalue weighted by Crippen LogP contribution is -2.39. The number of aromatic amines is 1. The van der Waals surface area contributed by atoms with Crippen molar-refractivity contribution in [3.63, 3.8) is 0 Å². The van der Waals surface area contributed by atoms with Crippen molar-refractivity contribution in [1.29, 1.82) is 0 Å². The molecule has 1 aromatic rings. The number of hydrogen-bond donors (Lipinski definition) is 1. The lowest BCUT2D eigenvalue weighted by atomic mass is 10.2. The maximum atomic E-state index is 11.9. The Hall–Kier alpha value is -2.20. The predicted molar refractivity (Wildman–Crippen MR) is 79.6 cm³/mol. The van der Waals surface area contributed by atoms with Crippen LogP contribution in [0, 0.1) is 6.92 Å². The van der Waals surface area contributed by atoms with Gasteiger partial charge in [0.25, 0.3) is 5.56 Å². The van der Waals surface area contributed by atoms with Gasteiger partial charge in [0.05, 0.1) is 0 Å². The highest BCUT2D eigenvalue weighted by atomic mass is 35.5. The molecule has 1 fully saturated rings. The Morgan fingerprint density at radius 3 is 2.58 bits per heavy atom. The monoisotopic (exact) mass is 361 g/mol. The number of ether oxygens (including phenoxy) is 3. The average molecular weight is 362 g/mol. The molecule has 2 heterocycles. The molecule has 0 aliphatic carbocycles. The van der Waals surface area contributed by atoms with E-state index in [0.717, 1.165) is 4.68 Å². The second-order valence-corrected chi connectivity index (χ2v) is 5.68. The van der Waals surface area contributed by atoms with Gasteiger partial charge in [-0.2, -0.15) is 9.78 Å². The molecule has 0 radical (unpaired) electrons. The van der Waals surface area contributed by atoms with Gasteiger partial charge in [0.2, 0.25) is 0 Å². The maximum absolute atomic E-state index is 11.9. The van der Waals surface area contributed by atoms with Gasteiger partial charge in [0.15, 0.2) is 12.3 Å². The Labute approximate surface area is 140 Å². The van der Waals surface area contributed by atoms with Crippen molar-refractivity contribution < 1.29 is 23.8 Å². The molecule has 1 N–H and O–H groups in total. The minimum atomic E-state index is -1.11. The van der Waals surface area contributed by atoms with Crippen LogP contribution in [0.3, 0.4) is 0 Å². The first-order chi connectivity index (χ1) is 11.2. The summed E-state index contributed by atoms with van der Waals surface area (Å²) in [5, 5.41) is 2.87. The molecule has 24 heavy (non-hydrogen) atoms. The second kappa shape index (κ2) is 7.14. The largest absolute Gasteiger partial charge is 0.463 e. The zero-order chi connectivity index (χ0) is 18.0. The minimum absolute atomic E-state index is 0.0366. The van der Waals surface area contributed by atoms with Crippen molar-refractivity contribution in [3.8, 4) is 0 Å². The van der Waals surface area contributed by atoms with Crippen molar-refractivity contribution in [3.05, 3.63) is 26.5 Å².